The number of fused-ring (bicyclic) bond motifs is 3. The Kier molecular flexibility index (Phi) is 7.01. The lowest BCUT2D eigenvalue weighted by molar-refractivity contribution is -0.126. The summed E-state index contributed by atoms with van der Waals surface area (Å²) >= 11 is 6.51. The van der Waals surface area contributed by atoms with Gasteiger partial charge in [0.1, 0.15) is 11.1 Å². The van der Waals surface area contributed by atoms with Gasteiger partial charge in [0.15, 0.2) is 5.15 Å². The Morgan fingerprint density at radius 2 is 1.82 bits per heavy atom. The molecule has 0 radical (unpaired) electrons. The molecular formula is C34H43ClN6O3. The Hall–Kier alpha value is -3.17. The number of hydrogen-bond donors (Lipinski definition) is 1. The van der Waals surface area contributed by atoms with E-state index in [-0.39, 0.29) is 18.0 Å². The lowest BCUT2D eigenvalue weighted by atomic mass is 9.73. The maximum atomic E-state index is 14.6. The second-order valence-electron chi connectivity index (χ2n) is 15.1. The molecule has 0 atom stereocenters. The molecule has 2 aromatic heterocycles. The van der Waals surface area contributed by atoms with Crippen LogP contribution in [0.2, 0.25) is 5.15 Å². The number of benzene rings is 1. The quantitative estimate of drug-likeness (QED) is 0.335. The summed E-state index contributed by atoms with van der Waals surface area (Å²) in [5, 5.41) is 0.351. The molecule has 1 aromatic carbocycles. The number of pyridine rings is 1. The smallest absolute Gasteiger partial charge is 0.410 e. The third-order valence-corrected chi connectivity index (χ3v) is 10.5. The van der Waals surface area contributed by atoms with Gasteiger partial charge in [0.05, 0.1) is 23.0 Å². The fourth-order valence-corrected chi connectivity index (χ4v) is 8.14. The summed E-state index contributed by atoms with van der Waals surface area (Å²) in [5.41, 5.74) is 4.29. The largest absolute Gasteiger partial charge is 0.444 e. The first-order chi connectivity index (χ1) is 20.8. The molecule has 0 bridgehead atoms. The average Bonchev–Trinajstić information content (AvgIpc) is 3.49. The van der Waals surface area contributed by atoms with Gasteiger partial charge in [-0.3, -0.25) is 9.69 Å². The predicted octanol–water partition coefficient (Wildman–Crippen LogP) is 6.55. The zero-order valence-corrected chi connectivity index (χ0v) is 27.2. The van der Waals surface area contributed by atoms with Gasteiger partial charge in [0.25, 0.3) is 0 Å². The number of aromatic amines is 1. The van der Waals surface area contributed by atoms with Crippen molar-refractivity contribution in [2.45, 2.75) is 96.2 Å². The molecule has 5 heterocycles. The van der Waals surface area contributed by atoms with Gasteiger partial charge < -0.3 is 19.5 Å². The third kappa shape index (κ3) is 5.06. The standard InChI is InChI=1S/C34H43ClN6O3/c1-32(2,3)44-31(43)39-13-10-34(11-14-39)24-8-7-21(25-18-26-28(29(35)38-25)37-20-36-26)15-27(24)41(30(34)42)23-16-22(17-23)40-12-6-9-33(4,5)19-40/h7-8,15,18,20,22-23H,6,9-14,16-17,19H2,1-5H3,(H,36,37). The average molecular weight is 619 g/mol. The van der Waals surface area contributed by atoms with E-state index in [4.69, 9.17) is 16.3 Å². The molecule has 1 spiro atoms. The van der Waals surface area contributed by atoms with Crippen LogP contribution >= 0.6 is 11.6 Å². The van der Waals surface area contributed by atoms with Gasteiger partial charge in [0, 0.05) is 43.0 Å². The molecule has 1 aliphatic carbocycles. The molecule has 2 saturated heterocycles. The summed E-state index contributed by atoms with van der Waals surface area (Å²) in [6.07, 6.45) is 6.93. The molecule has 1 N–H and O–H groups in total. The molecule has 2 amide bonds. The number of anilines is 1. The number of carbonyl (C=O) groups is 2. The second-order valence-corrected chi connectivity index (χ2v) is 15.4. The van der Waals surface area contributed by atoms with Crippen molar-refractivity contribution in [3.8, 4) is 11.3 Å². The van der Waals surface area contributed by atoms with E-state index < -0.39 is 11.0 Å². The molecule has 1 saturated carbocycles. The number of amides is 2. The minimum atomic E-state index is -0.650. The van der Waals surface area contributed by atoms with Crippen LogP contribution in [0.25, 0.3) is 22.3 Å². The number of aromatic nitrogens is 3. The topological polar surface area (TPSA) is 94.7 Å². The van der Waals surface area contributed by atoms with Crippen molar-refractivity contribution in [2.75, 3.05) is 31.1 Å². The lowest BCUT2D eigenvalue weighted by Gasteiger charge is -2.50. The van der Waals surface area contributed by atoms with Gasteiger partial charge in [-0.2, -0.15) is 0 Å². The number of likely N-dealkylation sites (tertiary alicyclic amines) is 2. The highest BCUT2D eigenvalue weighted by Crippen LogP contribution is 2.52. The number of rotatable bonds is 3. The Balaban J connectivity index is 1.20. The zero-order valence-electron chi connectivity index (χ0n) is 26.5. The number of piperidine rings is 2. The number of hydrogen-bond acceptors (Lipinski definition) is 6. The number of imidazole rings is 1. The highest BCUT2D eigenvalue weighted by molar-refractivity contribution is 6.33. The minimum Gasteiger partial charge on any atom is -0.444 e. The van der Waals surface area contributed by atoms with Crippen molar-refractivity contribution in [3.63, 3.8) is 0 Å². The van der Waals surface area contributed by atoms with Crippen molar-refractivity contribution in [1.82, 2.24) is 24.8 Å². The zero-order chi connectivity index (χ0) is 31.0. The summed E-state index contributed by atoms with van der Waals surface area (Å²) in [6, 6.07) is 8.91. The van der Waals surface area contributed by atoms with Crippen LogP contribution in [0.5, 0.6) is 0 Å². The number of nitrogens with one attached hydrogen (secondary N) is 1. The number of ether oxygens (including phenoxy) is 1. The maximum absolute atomic E-state index is 14.6. The fourth-order valence-electron chi connectivity index (χ4n) is 7.90. The van der Waals surface area contributed by atoms with Crippen LogP contribution < -0.4 is 4.90 Å². The minimum absolute atomic E-state index is 0.154. The van der Waals surface area contributed by atoms with Crippen molar-refractivity contribution in [2.24, 2.45) is 5.41 Å². The number of H-pyrrole nitrogens is 1. The van der Waals surface area contributed by atoms with Crippen molar-refractivity contribution in [1.29, 1.82) is 0 Å². The van der Waals surface area contributed by atoms with Crippen molar-refractivity contribution >= 4 is 40.3 Å². The van der Waals surface area contributed by atoms with Gasteiger partial charge in [-0.25, -0.2) is 14.8 Å². The number of nitrogens with zero attached hydrogens (tertiary/aromatic N) is 5. The first-order valence-corrected chi connectivity index (χ1v) is 16.4. The number of halogens is 1. The molecule has 7 rings (SSSR count). The van der Waals surface area contributed by atoms with Gasteiger partial charge >= 0.3 is 6.09 Å². The molecular weight excluding hydrogens is 576 g/mol. The van der Waals surface area contributed by atoms with Gasteiger partial charge in [-0.1, -0.05) is 37.6 Å². The molecule has 9 nitrogen and oxygen atoms in total. The monoisotopic (exact) mass is 618 g/mol. The van der Waals surface area contributed by atoms with Crippen LogP contribution in [0.1, 0.15) is 78.7 Å². The van der Waals surface area contributed by atoms with Gasteiger partial charge in [0.2, 0.25) is 5.91 Å². The maximum Gasteiger partial charge on any atom is 0.410 e. The second kappa shape index (κ2) is 10.4. The van der Waals surface area contributed by atoms with E-state index in [0.717, 1.165) is 54.0 Å². The molecule has 44 heavy (non-hydrogen) atoms. The Morgan fingerprint density at radius 1 is 1.07 bits per heavy atom. The molecule has 234 valence electrons. The fraction of sp³-hybridized carbons (Fsp3) is 0.588. The van der Waals surface area contributed by atoms with E-state index in [1.165, 1.54) is 12.8 Å². The van der Waals surface area contributed by atoms with Crippen molar-refractivity contribution < 1.29 is 14.3 Å². The van der Waals surface area contributed by atoms with E-state index in [0.29, 0.717) is 48.1 Å². The summed E-state index contributed by atoms with van der Waals surface area (Å²) in [5.74, 6) is 0.172. The molecule has 3 fully saturated rings. The van der Waals surface area contributed by atoms with Crippen LogP contribution in [-0.4, -0.2) is 80.6 Å². The van der Waals surface area contributed by atoms with Crippen LogP contribution in [0.4, 0.5) is 10.5 Å². The van der Waals surface area contributed by atoms with E-state index in [1.807, 2.05) is 26.8 Å². The third-order valence-electron chi connectivity index (χ3n) is 10.2. The summed E-state index contributed by atoms with van der Waals surface area (Å²) in [4.78, 5) is 46.1. The molecule has 10 heteroatoms. The Morgan fingerprint density at radius 3 is 2.52 bits per heavy atom. The van der Waals surface area contributed by atoms with E-state index in [1.54, 1.807) is 11.2 Å². The Labute approximate surface area is 264 Å². The summed E-state index contributed by atoms with van der Waals surface area (Å²) in [7, 11) is 0. The molecule has 0 unspecified atom stereocenters. The van der Waals surface area contributed by atoms with E-state index in [2.05, 4.69) is 56.8 Å². The van der Waals surface area contributed by atoms with Crippen LogP contribution in [-0.2, 0) is 14.9 Å². The predicted molar refractivity (Wildman–Crippen MR) is 172 cm³/mol. The molecule has 3 aliphatic heterocycles. The van der Waals surface area contributed by atoms with Crippen LogP contribution in [0.3, 0.4) is 0 Å². The highest BCUT2D eigenvalue weighted by atomic mass is 35.5. The number of carbonyl (C=O) groups excluding carboxylic acids is 2. The summed E-state index contributed by atoms with van der Waals surface area (Å²) < 4.78 is 5.66. The summed E-state index contributed by atoms with van der Waals surface area (Å²) in [6.45, 7) is 13.6. The lowest BCUT2D eigenvalue weighted by Crippen LogP contribution is -2.59. The first kappa shape index (κ1) is 29.5. The van der Waals surface area contributed by atoms with E-state index >= 15 is 0 Å². The normalized spacial score (nSPS) is 24.9. The van der Waals surface area contributed by atoms with Crippen molar-refractivity contribution in [3.05, 3.63) is 41.3 Å². The van der Waals surface area contributed by atoms with Gasteiger partial charge in [-0.15, -0.1) is 0 Å². The van der Waals surface area contributed by atoms with Crippen LogP contribution in [0, 0.1) is 5.41 Å². The molecule has 4 aliphatic rings. The Bertz CT molecular complexity index is 1610. The van der Waals surface area contributed by atoms with Gasteiger partial charge in [-0.05, 0) is 89.0 Å². The SMILES string of the molecule is CC1(C)CCCN(C2CC(N3C(=O)C4(CCN(C(=O)OC(C)(C)C)CC4)c4ccc(-c5cc6[nH]cnc6c(Cl)n5)cc43)C2)C1. The highest BCUT2D eigenvalue weighted by Gasteiger charge is 2.56. The molecule has 3 aromatic rings. The first-order valence-electron chi connectivity index (χ1n) is 16.0. The van der Waals surface area contributed by atoms with Crippen LogP contribution in [0.15, 0.2) is 30.6 Å². The van der Waals surface area contributed by atoms with E-state index in [9.17, 15) is 9.59 Å².